The molecule has 0 bridgehead atoms. The number of amides is 1. The fourth-order valence-corrected chi connectivity index (χ4v) is 2.50. The summed E-state index contributed by atoms with van der Waals surface area (Å²) in [6.45, 7) is 9.52. The van der Waals surface area contributed by atoms with Gasteiger partial charge in [0.2, 0.25) is 5.91 Å². The Balaban J connectivity index is 1.90. The average molecular weight is 261 g/mol. The van der Waals surface area contributed by atoms with E-state index in [-0.39, 0.29) is 5.91 Å². The fourth-order valence-electron chi connectivity index (χ4n) is 2.50. The van der Waals surface area contributed by atoms with E-state index in [0.29, 0.717) is 12.6 Å². The van der Waals surface area contributed by atoms with Crippen molar-refractivity contribution in [3.8, 4) is 0 Å². The van der Waals surface area contributed by atoms with Crippen LogP contribution in [0.3, 0.4) is 0 Å². The maximum atomic E-state index is 12.1. The Morgan fingerprint density at radius 2 is 2.26 bits per heavy atom. The van der Waals surface area contributed by atoms with Crippen LogP contribution in [0, 0.1) is 13.8 Å². The third-order valence-corrected chi connectivity index (χ3v) is 3.48. The molecule has 1 aromatic rings. The minimum atomic E-state index is 0.0704. The summed E-state index contributed by atoms with van der Waals surface area (Å²) in [6, 6.07) is 6.55. The summed E-state index contributed by atoms with van der Waals surface area (Å²) < 4.78 is 0. The zero-order valence-corrected chi connectivity index (χ0v) is 12.0. The molecule has 0 radical (unpaired) electrons. The maximum Gasteiger partial charge on any atom is 0.238 e. The van der Waals surface area contributed by atoms with Gasteiger partial charge in [0, 0.05) is 31.4 Å². The summed E-state index contributed by atoms with van der Waals surface area (Å²) >= 11 is 0. The molecule has 1 aromatic carbocycles. The van der Waals surface area contributed by atoms with Gasteiger partial charge >= 0.3 is 0 Å². The van der Waals surface area contributed by atoms with Crippen molar-refractivity contribution in [1.29, 1.82) is 0 Å². The molecule has 0 aliphatic carbocycles. The molecular weight excluding hydrogens is 238 g/mol. The highest BCUT2D eigenvalue weighted by molar-refractivity contribution is 5.93. The first-order valence-corrected chi connectivity index (χ1v) is 6.87. The molecule has 1 aliphatic rings. The van der Waals surface area contributed by atoms with E-state index in [4.69, 9.17) is 0 Å². The number of rotatable bonds is 3. The number of piperazine rings is 1. The van der Waals surface area contributed by atoms with Gasteiger partial charge < -0.3 is 10.6 Å². The lowest BCUT2D eigenvalue weighted by molar-refractivity contribution is -0.117. The first kappa shape index (κ1) is 14.0. The molecule has 1 aliphatic heterocycles. The summed E-state index contributed by atoms with van der Waals surface area (Å²) in [4.78, 5) is 14.2. The van der Waals surface area contributed by atoms with Crippen LogP contribution in [0.4, 0.5) is 5.69 Å². The number of carbonyl (C=O) groups is 1. The van der Waals surface area contributed by atoms with Gasteiger partial charge in [-0.1, -0.05) is 17.7 Å². The number of nitrogens with zero attached hydrogens (tertiary/aromatic N) is 1. The Hall–Kier alpha value is -1.39. The van der Waals surface area contributed by atoms with E-state index in [1.165, 1.54) is 5.56 Å². The lowest BCUT2D eigenvalue weighted by Gasteiger charge is -2.31. The fraction of sp³-hybridized carbons (Fsp3) is 0.533. The number of hydrogen-bond acceptors (Lipinski definition) is 3. The summed E-state index contributed by atoms with van der Waals surface area (Å²) in [5.74, 6) is 0.0704. The van der Waals surface area contributed by atoms with Crippen LogP contribution in [-0.4, -0.2) is 43.0 Å². The maximum absolute atomic E-state index is 12.1. The van der Waals surface area contributed by atoms with Crippen molar-refractivity contribution in [3.05, 3.63) is 29.3 Å². The van der Waals surface area contributed by atoms with Crippen molar-refractivity contribution in [2.75, 3.05) is 31.5 Å². The zero-order valence-electron chi connectivity index (χ0n) is 12.0. The lowest BCUT2D eigenvalue weighted by atomic mass is 10.1. The Morgan fingerprint density at radius 1 is 1.47 bits per heavy atom. The first-order valence-electron chi connectivity index (χ1n) is 6.87. The van der Waals surface area contributed by atoms with Crippen molar-refractivity contribution in [2.45, 2.75) is 26.8 Å². The van der Waals surface area contributed by atoms with E-state index in [9.17, 15) is 4.79 Å². The smallest absolute Gasteiger partial charge is 0.238 e. The largest absolute Gasteiger partial charge is 0.325 e. The van der Waals surface area contributed by atoms with Crippen LogP contribution in [0.5, 0.6) is 0 Å². The number of hydrogen-bond donors (Lipinski definition) is 2. The van der Waals surface area contributed by atoms with Crippen molar-refractivity contribution in [1.82, 2.24) is 10.2 Å². The molecule has 1 heterocycles. The third-order valence-electron chi connectivity index (χ3n) is 3.48. The van der Waals surface area contributed by atoms with E-state index < -0.39 is 0 Å². The molecule has 1 unspecified atom stereocenters. The molecule has 4 heteroatoms. The van der Waals surface area contributed by atoms with Gasteiger partial charge in [-0.15, -0.1) is 0 Å². The van der Waals surface area contributed by atoms with E-state index in [1.807, 2.05) is 19.1 Å². The molecule has 1 fully saturated rings. The molecular formula is C15H23N3O. The van der Waals surface area contributed by atoms with Gasteiger partial charge in [0.25, 0.3) is 0 Å². The van der Waals surface area contributed by atoms with Crippen LogP contribution >= 0.6 is 0 Å². The molecule has 104 valence electrons. The van der Waals surface area contributed by atoms with E-state index >= 15 is 0 Å². The summed E-state index contributed by atoms with van der Waals surface area (Å²) in [5, 5.41) is 6.38. The Morgan fingerprint density at radius 3 is 2.95 bits per heavy atom. The van der Waals surface area contributed by atoms with Crippen molar-refractivity contribution >= 4 is 11.6 Å². The molecule has 0 spiro atoms. The SMILES string of the molecule is Cc1ccc(NC(=O)CN2CCNC(C)C2)c(C)c1. The molecule has 4 nitrogen and oxygen atoms in total. The highest BCUT2D eigenvalue weighted by Gasteiger charge is 2.18. The number of anilines is 1. The second kappa shape index (κ2) is 6.17. The highest BCUT2D eigenvalue weighted by atomic mass is 16.2. The third kappa shape index (κ3) is 4.04. The summed E-state index contributed by atoms with van der Waals surface area (Å²) in [6.07, 6.45) is 0. The van der Waals surface area contributed by atoms with Crippen LogP contribution in [-0.2, 0) is 4.79 Å². The van der Waals surface area contributed by atoms with Crippen molar-refractivity contribution < 1.29 is 4.79 Å². The molecule has 0 aromatic heterocycles. The van der Waals surface area contributed by atoms with Gasteiger partial charge in [-0.25, -0.2) is 0 Å². The van der Waals surface area contributed by atoms with Crippen LogP contribution < -0.4 is 10.6 Å². The quantitative estimate of drug-likeness (QED) is 0.867. The average Bonchev–Trinajstić information content (AvgIpc) is 2.33. The predicted molar refractivity (Wildman–Crippen MR) is 78.5 cm³/mol. The normalized spacial score (nSPS) is 20.3. The molecule has 2 N–H and O–H groups in total. The van der Waals surface area contributed by atoms with Crippen LogP contribution in [0.2, 0.25) is 0 Å². The minimum Gasteiger partial charge on any atom is -0.325 e. The monoisotopic (exact) mass is 261 g/mol. The van der Waals surface area contributed by atoms with Gasteiger partial charge in [0.15, 0.2) is 0 Å². The molecule has 2 rings (SSSR count). The van der Waals surface area contributed by atoms with E-state index in [0.717, 1.165) is 30.9 Å². The molecule has 1 amide bonds. The Labute approximate surface area is 115 Å². The first-order chi connectivity index (χ1) is 9.04. The van der Waals surface area contributed by atoms with Crippen LogP contribution in [0.15, 0.2) is 18.2 Å². The number of benzene rings is 1. The van der Waals surface area contributed by atoms with Crippen LogP contribution in [0.1, 0.15) is 18.1 Å². The number of carbonyl (C=O) groups excluding carboxylic acids is 1. The predicted octanol–water partition coefficient (Wildman–Crippen LogP) is 1.54. The highest BCUT2D eigenvalue weighted by Crippen LogP contribution is 2.15. The van der Waals surface area contributed by atoms with E-state index in [1.54, 1.807) is 0 Å². The zero-order chi connectivity index (χ0) is 13.8. The standard InChI is InChI=1S/C15H23N3O/c1-11-4-5-14(12(2)8-11)17-15(19)10-18-7-6-16-13(3)9-18/h4-5,8,13,16H,6-7,9-10H2,1-3H3,(H,17,19). The van der Waals surface area contributed by atoms with Crippen molar-refractivity contribution in [2.24, 2.45) is 0 Å². The lowest BCUT2D eigenvalue weighted by Crippen LogP contribution is -2.51. The van der Waals surface area contributed by atoms with E-state index in [2.05, 4.69) is 35.4 Å². The van der Waals surface area contributed by atoms with Gasteiger partial charge in [-0.05, 0) is 32.4 Å². The summed E-state index contributed by atoms with van der Waals surface area (Å²) in [5.41, 5.74) is 3.24. The van der Waals surface area contributed by atoms with Gasteiger partial charge in [0.05, 0.1) is 6.54 Å². The van der Waals surface area contributed by atoms with Gasteiger partial charge in [-0.2, -0.15) is 0 Å². The second-order valence-electron chi connectivity index (χ2n) is 5.46. The van der Waals surface area contributed by atoms with Gasteiger partial charge in [0.1, 0.15) is 0 Å². The molecule has 19 heavy (non-hydrogen) atoms. The second-order valence-corrected chi connectivity index (χ2v) is 5.46. The summed E-state index contributed by atoms with van der Waals surface area (Å²) in [7, 11) is 0. The topological polar surface area (TPSA) is 44.4 Å². The minimum absolute atomic E-state index is 0.0704. The molecule has 0 saturated carbocycles. The molecule has 1 saturated heterocycles. The van der Waals surface area contributed by atoms with Crippen molar-refractivity contribution in [3.63, 3.8) is 0 Å². The Bertz CT molecular complexity index is 459. The molecule has 1 atom stereocenters. The number of aryl methyl sites for hydroxylation is 2. The Kier molecular flexibility index (Phi) is 4.56. The van der Waals surface area contributed by atoms with Crippen LogP contribution in [0.25, 0.3) is 0 Å². The number of nitrogens with one attached hydrogen (secondary N) is 2. The van der Waals surface area contributed by atoms with Gasteiger partial charge in [-0.3, -0.25) is 9.69 Å².